The molecule has 1 aliphatic rings. The van der Waals surface area contributed by atoms with Gasteiger partial charge in [0.05, 0.1) is 17.3 Å². The maximum absolute atomic E-state index is 12.5. The monoisotopic (exact) mass is 448 g/mol. The lowest BCUT2D eigenvalue weighted by atomic mass is 9.96. The van der Waals surface area contributed by atoms with Crippen molar-refractivity contribution in [1.29, 1.82) is 0 Å². The molecule has 2 aromatic rings. The zero-order chi connectivity index (χ0) is 22.2. The third-order valence-electron chi connectivity index (χ3n) is 5.88. The van der Waals surface area contributed by atoms with Crippen molar-refractivity contribution in [2.24, 2.45) is 5.92 Å². The number of imidazole rings is 1. The minimum atomic E-state index is -0.117. The Balaban J connectivity index is 1.36. The maximum Gasteiger partial charge on any atom is 0.317 e. The summed E-state index contributed by atoms with van der Waals surface area (Å²) in [5.41, 5.74) is 1.56. The summed E-state index contributed by atoms with van der Waals surface area (Å²) in [5.74, 6) is 0.101. The molecule has 0 radical (unpaired) electrons. The SMILES string of the molecule is CCN(CC)CCCNC(=O)C1CCN(C(=O)NCc2cn3cc(Cl)ccc3n2)CC1. The van der Waals surface area contributed by atoms with Gasteiger partial charge in [-0.15, -0.1) is 0 Å². The Hall–Kier alpha value is -2.32. The molecule has 0 bridgehead atoms. The minimum Gasteiger partial charge on any atom is -0.356 e. The molecule has 1 fully saturated rings. The van der Waals surface area contributed by atoms with Crippen LogP contribution in [0.15, 0.2) is 24.5 Å². The Labute approximate surface area is 188 Å². The second-order valence-corrected chi connectivity index (χ2v) is 8.37. The quantitative estimate of drug-likeness (QED) is 0.578. The van der Waals surface area contributed by atoms with Gasteiger partial charge in [-0.2, -0.15) is 0 Å². The number of piperidine rings is 1. The van der Waals surface area contributed by atoms with E-state index < -0.39 is 0 Å². The average Bonchev–Trinajstić information content (AvgIpc) is 3.19. The van der Waals surface area contributed by atoms with Crippen molar-refractivity contribution in [2.75, 3.05) is 39.3 Å². The smallest absolute Gasteiger partial charge is 0.317 e. The lowest BCUT2D eigenvalue weighted by molar-refractivity contribution is -0.126. The van der Waals surface area contributed by atoms with E-state index in [0.29, 0.717) is 44.0 Å². The van der Waals surface area contributed by atoms with Crippen molar-refractivity contribution in [3.63, 3.8) is 0 Å². The van der Waals surface area contributed by atoms with E-state index in [0.717, 1.165) is 37.4 Å². The molecule has 8 nitrogen and oxygen atoms in total. The number of carbonyl (C=O) groups excluding carboxylic acids is 2. The van der Waals surface area contributed by atoms with Crippen LogP contribution in [0.2, 0.25) is 5.02 Å². The third-order valence-corrected chi connectivity index (χ3v) is 6.11. The largest absolute Gasteiger partial charge is 0.356 e. The molecule has 1 saturated heterocycles. The van der Waals surface area contributed by atoms with E-state index in [4.69, 9.17) is 11.6 Å². The van der Waals surface area contributed by atoms with Crippen LogP contribution in [-0.4, -0.2) is 70.4 Å². The van der Waals surface area contributed by atoms with Gasteiger partial charge < -0.3 is 24.8 Å². The highest BCUT2D eigenvalue weighted by atomic mass is 35.5. The third kappa shape index (κ3) is 6.58. The van der Waals surface area contributed by atoms with Gasteiger partial charge in [0.25, 0.3) is 0 Å². The van der Waals surface area contributed by atoms with Gasteiger partial charge in [-0.25, -0.2) is 9.78 Å². The van der Waals surface area contributed by atoms with Gasteiger partial charge in [0, 0.05) is 37.9 Å². The van der Waals surface area contributed by atoms with Crippen molar-refractivity contribution >= 4 is 29.2 Å². The zero-order valence-electron chi connectivity index (χ0n) is 18.4. The molecule has 31 heavy (non-hydrogen) atoms. The van der Waals surface area contributed by atoms with Gasteiger partial charge in [0.1, 0.15) is 5.65 Å². The van der Waals surface area contributed by atoms with Gasteiger partial charge in [0.2, 0.25) is 5.91 Å². The number of urea groups is 1. The van der Waals surface area contributed by atoms with E-state index in [2.05, 4.69) is 34.4 Å². The Morgan fingerprint density at radius 3 is 2.61 bits per heavy atom. The van der Waals surface area contributed by atoms with Crippen LogP contribution < -0.4 is 10.6 Å². The van der Waals surface area contributed by atoms with Gasteiger partial charge in [-0.3, -0.25) is 4.79 Å². The van der Waals surface area contributed by atoms with Crippen LogP contribution in [0.25, 0.3) is 5.65 Å². The molecule has 0 saturated carbocycles. The number of rotatable bonds is 9. The Kier molecular flexibility index (Phi) is 8.54. The molecule has 170 valence electrons. The van der Waals surface area contributed by atoms with Crippen LogP contribution in [0.5, 0.6) is 0 Å². The second kappa shape index (κ2) is 11.3. The predicted octanol–water partition coefficient (Wildman–Crippen LogP) is 2.76. The van der Waals surface area contributed by atoms with Crippen molar-refractivity contribution in [1.82, 2.24) is 29.8 Å². The molecule has 9 heteroatoms. The van der Waals surface area contributed by atoms with E-state index in [9.17, 15) is 9.59 Å². The predicted molar refractivity (Wildman–Crippen MR) is 122 cm³/mol. The van der Waals surface area contributed by atoms with Crippen LogP contribution in [0.4, 0.5) is 4.79 Å². The number of carbonyl (C=O) groups is 2. The lowest BCUT2D eigenvalue weighted by Gasteiger charge is -2.31. The lowest BCUT2D eigenvalue weighted by Crippen LogP contribution is -2.46. The number of nitrogens with one attached hydrogen (secondary N) is 2. The molecular weight excluding hydrogens is 416 g/mol. The highest BCUT2D eigenvalue weighted by molar-refractivity contribution is 6.30. The molecular formula is C22H33ClN6O2. The number of fused-ring (bicyclic) bond motifs is 1. The first-order valence-electron chi connectivity index (χ1n) is 11.2. The normalized spacial score (nSPS) is 14.9. The summed E-state index contributed by atoms with van der Waals surface area (Å²) in [5, 5.41) is 6.62. The fourth-order valence-corrected chi connectivity index (χ4v) is 4.09. The molecule has 2 N–H and O–H groups in total. The van der Waals surface area contributed by atoms with Crippen LogP contribution >= 0.6 is 11.6 Å². The number of aromatic nitrogens is 2. The molecule has 0 spiro atoms. The first kappa shape index (κ1) is 23.3. The van der Waals surface area contributed by atoms with Crippen molar-refractivity contribution in [3.05, 3.63) is 35.2 Å². The van der Waals surface area contributed by atoms with E-state index in [1.807, 2.05) is 16.7 Å². The van der Waals surface area contributed by atoms with Gasteiger partial charge in [0.15, 0.2) is 0 Å². The highest BCUT2D eigenvalue weighted by Gasteiger charge is 2.27. The van der Waals surface area contributed by atoms with Crippen LogP contribution in [0.1, 0.15) is 38.8 Å². The molecule has 3 amide bonds. The Bertz CT molecular complexity index is 874. The maximum atomic E-state index is 12.5. The van der Waals surface area contributed by atoms with Gasteiger partial charge >= 0.3 is 6.03 Å². The summed E-state index contributed by atoms with van der Waals surface area (Å²) < 4.78 is 1.84. The van der Waals surface area contributed by atoms with Crippen molar-refractivity contribution in [3.8, 4) is 0 Å². The van der Waals surface area contributed by atoms with Crippen molar-refractivity contribution in [2.45, 2.75) is 39.7 Å². The Morgan fingerprint density at radius 2 is 1.90 bits per heavy atom. The Morgan fingerprint density at radius 1 is 1.16 bits per heavy atom. The summed E-state index contributed by atoms with van der Waals surface area (Å²) in [6, 6.07) is 3.51. The first-order valence-corrected chi connectivity index (χ1v) is 11.5. The van der Waals surface area contributed by atoms with E-state index in [1.54, 1.807) is 17.2 Å². The average molecular weight is 449 g/mol. The summed E-state index contributed by atoms with van der Waals surface area (Å²) in [6.45, 7) is 9.62. The van der Waals surface area contributed by atoms with Crippen LogP contribution in [0, 0.1) is 5.92 Å². The molecule has 0 unspecified atom stereocenters. The number of likely N-dealkylation sites (tertiary alicyclic amines) is 1. The van der Waals surface area contributed by atoms with Gasteiger partial charge in [-0.1, -0.05) is 25.4 Å². The molecule has 1 aliphatic heterocycles. The molecule has 0 aromatic carbocycles. The van der Waals surface area contributed by atoms with Crippen LogP contribution in [-0.2, 0) is 11.3 Å². The van der Waals surface area contributed by atoms with Crippen LogP contribution in [0.3, 0.4) is 0 Å². The summed E-state index contributed by atoms with van der Waals surface area (Å²) >= 11 is 6.00. The fraction of sp³-hybridized carbons (Fsp3) is 0.591. The van der Waals surface area contributed by atoms with E-state index in [-0.39, 0.29) is 17.9 Å². The fourth-order valence-electron chi connectivity index (χ4n) is 3.92. The van der Waals surface area contributed by atoms with E-state index in [1.165, 1.54) is 0 Å². The number of amides is 3. The number of nitrogens with zero attached hydrogens (tertiary/aromatic N) is 4. The topological polar surface area (TPSA) is 82.0 Å². The number of hydrogen-bond donors (Lipinski definition) is 2. The molecule has 3 rings (SSSR count). The molecule has 2 aromatic heterocycles. The minimum absolute atomic E-state index is 0.0132. The van der Waals surface area contributed by atoms with Gasteiger partial charge in [-0.05, 0) is 51.0 Å². The first-order chi connectivity index (χ1) is 15.0. The van der Waals surface area contributed by atoms with Crippen molar-refractivity contribution < 1.29 is 9.59 Å². The summed E-state index contributed by atoms with van der Waals surface area (Å²) in [6.07, 6.45) is 6.00. The second-order valence-electron chi connectivity index (χ2n) is 7.94. The number of pyridine rings is 1. The highest BCUT2D eigenvalue weighted by Crippen LogP contribution is 2.17. The molecule has 0 aliphatic carbocycles. The number of hydrogen-bond acceptors (Lipinski definition) is 4. The standard InChI is InChI=1S/C22H33ClN6O2/c1-3-27(4-2)11-5-10-24-21(30)17-8-12-28(13-9-17)22(31)25-14-19-16-29-15-18(23)6-7-20(29)26-19/h6-7,15-17H,3-5,8-14H2,1-2H3,(H,24,30)(H,25,31). The summed E-state index contributed by atoms with van der Waals surface area (Å²) in [7, 11) is 0. The summed E-state index contributed by atoms with van der Waals surface area (Å²) in [4.78, 5) is 33.5. The number of halogens is 1. The molecule has 3 heterocycles. The zero-order valence-corrected chi connectivity index (χ0v) is 19.2. The molecule has 0 atom stereocenters. The van der Waals surface area contributed by atoms with E-state index >= 15 is 0 Å².